The van der Waals surface area contributed by atoms with Crippen LogP contribution >= 0.6 is 11.6 Å². The fourth-order valence-electron chi connectivity index (χ4n) is 2.18. The molecule has 1 aliphatic rings. The van der Waals surface area contributed by atoms with Crippen LogP contribution in [0.15, 0.2) is 11.6 Å². The highest BCUT2D eigenvalue weighted by Gasteiger charge is 2.24. The molecule has 74 valence electrons. The molecule has 0 aromatic carbocycles. The highest BCUT2D eigenvalue weighted by molar-refractivity contribution is 6.63. The molecule has 0 aromatic rings. The predicted molar refractivity (Wildman–Crippen MR) is 55.7 cm³/mol. The lowest BCUT2D eigenvalue weighted by atomic mass is 9.99. The second kappa shape index (κ2) is 4.80. The Morgan fingerprint density at radius 2 is 2.38 bits per heavy atom. The summed E-state index contributed by atoms with van der Waals surface area (Å²) >= 11 is 5.30. The molecule has 2 unspecified atom stereocenters. The van der Waals surface area contributed by atoms with Gasteiger partial charge in [0.2, 0.25) is 5.24 Å². The first-order valence-electron chi connectivity index (χ1n) is 5.00. The molecule has 0 spiro atoms. The first-order valence-corrected chi connectivity index (χ1v) is 5.38. The second-order valence-corrected chi connectivity index (χ2v) is 4.41. The summed E-state index contributed by atoms with van der Waals surface area (Å²) in [5.41, 5.74) is 1.45. The number of rotatable bonds is 3. The molecule has 0 aromatic heterocycles. The van der Waals surface area contributed by atoms with Crippen molar-refractivity contribution in [1.82, 2.24) is 0 Å². The van der Waals surface area contributed by atoms with Gasteiger partial charge in [-0.15, -0.1) is 0 Å². The number of hydrogen-bond acceptors (Lipinski definition) is 1. The summed E-state index contributed by atoms with van der Waals surface area (Å²) in [5.74, 6) is 1.48. The average molecular weight is 201 g/mol. The van der Waals surface area contributed by atoms with Crippen LogP contribution in [0.25, 0.3) is 0 Å². The molecule has 1 aliphatic carbocycles. The maximum Gasteiger partial charge on any atom is 0.225 e. The fourth-order valence-corrected chi connectivity index (χ4v) is 2.26. The van der Waals surface area contributed by atoms with Crippen molar-refractivity contribution in [3.05, 3.63) is 11.6 Å². The number of allylic oxidation sites excluding steroid dienone is 2. The molecule has 1 fully saturated rings. The zero-order valence-corrected chi connectivity index (χ0v) is 9.10. The number of carbonyl (C=O) groups excluding carboxylic acids is 1. The topological polar surface area (TPSA) is 17.1 Å². The van der Waals surface area contributed by atoms with E-state index in [1.165, 1.54) is 18.4 Å². The van der Waals surface area contributed by atoms with Crippen molar-refractivity contribution in [2.45, 2.75) is 39.5 Å². The van der Waals surface area contributed by atoms with E-state index in [0.29, 0.717) is 12.3 Å². The van der Waals surface area contributed by atoms with E-state index in [4.69, 9.17) is 11.6 Å². The minimum atomic E-state index is -0.248. The Bertz CT molecular complexity index is 220. The highest BCUT2D eigenvalue weighted by Crippen LogP contribution is 2.37. The van der Waals surface area contributed by atoms with E-state index in [9.17, 15) is 4.79 Å². The van der Waals surface area contributed by atoms with Gasteiger partial charge in [0.1, 0.15) is 0 Å². The summed E-state index contributed by atoms with van der Waals surface area (Å²) in [7, 11) is 0. The van der Waals surface area contributed by atoms with Gasteiger partial charge in [0.25, 0.3) is 0 Å². The SMILES string of the molecule is CCC1CC(C)C/C1=C\CC(=O)Cl. The van der Waals surface area contributed by atoms with Gasteiger partial charge in [-0.05, 0) is 42.7 Å². The standard InChI is InChI=1S/C11H17ClO/c1-3-9-6-8(2)7-10(9)4-5-11(12)13/h4,8-9H,3,5-7H2,1-2H3/b10-4+. The average Bonchev–Trinajstić information content (AvgIpc) is 2.42. The van der Waals surface area contributed by atoms with Crippen LogP contribution in [0.1, 0.15) is 39.5 Å². The largest absolute Gasteiger partial charge is 0.281 e. The van der Waals surface area contributed by atoms with Crippen LogP contribution in [0.2, 0.25) is 0 Å². The van der Waals surface area contributed by atoms with Crippen molar-refractivity contribution >= 4 is 16.8 Å². The zero-order valence-electron chi connectivity index (χ0n) is 8.35. The van der Waals surface area contributed by atoms with Gasteiger partial charge < -0.3 is 0 Å². The Kier molecular flexibility index (Phi) is 3.98. The van der Waals surface area contributed by atoms with Crippen LogP contribution in [-0.2, 0) is 4.79 Å². The van der Waals surface area contributed by atoms with Crippen LogP contribution in [0.3, 0.4) is 0 Å². The third-order valence-electron chi connectivity index (χ3n) is 2.81. The maximum absolute atomic E-state index is 10.6. The molecular formula is C11H17ClO. The summed E-state index contributed by atoms with van der Waals surface area (Å²) in [6.07, 6.45) is 6.06. The monoisotopic (exact) mass is 200 g/mol. The molecule has 0 heterocycles. The summed E-state index contributed by atoms with van der Waals surface area (Å²) in [4.78, 5) is 10.6. The molecule has 2 heteroatoms. The molecule has 0 bridgehead atoms. The van der Waals surface area contributed by atoms with E-state index in [2.05, 4.69) is 13.8 Å². The normalized spacial score (nSPS) is 31.2. The van der Waals surface area contributed by atoms with Gasteiger partial charge in [-0.3, -0.25) is 4.79 Å². The van der Waals surface area contributed by atoms with E-state index in [-0.39, 0.29) is 5.24 Å². The lowest BCUT2D eigenvalue weighted by Gasteiger charge is -2.07. The van der Waals surface area contributed by atoms with Crippen molar-refractivity contribution in [3.8, 4) is 0 Å². The van der Waals surface area contributed by atoms with Crippen LogP contribution < -0.4 is 0 Å². The minimum Gasteiger partial charge on any atom is -0.281 e. The lowest BCUT2D eigenvalue weighted by Crippen LogP contribution is -1.95. The smallest absolute Gasteiger partial charge is 0.225 e. The first-order chi connectivity index (χ1) is 6.13. The molecule has 0 saturated heterocycles. The number of halogens is 1. The highest BCUT2D eigenvalue weighted by atomic mass is 35.5. The Hall–Kier alpha value is -0.300. The molecule has 0 radical (unpaired) electrons. The van der Waals surface area contributed by atoms with E-state index in [1.807, 2.05) is 6.08 Å². The van der Waals surface area contributed by atoms with Crippen molar-refractivity contribution in [2.24, 2.45) is 11.8 Å². The second-order valence-electron chi connectivity index (χ2n) is 3.99. The van der Waals surface area contributed by atoms with Gasteiger partial charge >= 0.3 is 0 Å². The van der Waals surface area contributed by atoms with Crippen molar-refractivity contribution in [1.29, 1.82) is 0 Å². The number of carbonyl (C=O) groups is 1. The Morgan fingerprint density at radius 3 is 2.92 bits per heavy atom. The van der Waals surface area contributed by atoms with Crippen LogP contribution in [0.5, 0.6) is 0 Å². The van der Waals surface area contributed by atoms with Crippen LogP contribution in [0.4, 0.5) is 0 Å². The summed E-state index contributed by atoms with van der Waals surface area (Å²) in [6.45, 7) is 4.48. The van der Waals surface area contributed by atoms with E-state index in [0.717, 1.165) is 12.3 Å². The summed E-state index contributed by atoms with van der Waals surface area (Å²) < 4.78 is 0. The first kappa shape index (κ1) is 10.8. The quantitative estimate of drug-likeness (QED) is 0.503. The summed E-state index contributed by atoms with van der Waals surface area (Å²) in [6, 6.07) is 0. The van der Waals surface area contributed by atoms with Crippen molar-refractivity contribution in [2.75, 3.05) is 0 Å². The van der Waals surface area contributed by atoms with Crippen LogP contribution in [0, 0.1) is 11.8 Å². The molecule has 1 saturated carbocycles. The van der Waals surface area contributed by atoms with E-state index in [1.54, 1.807) is 0 Å². The molecule has 0 amide bonds. The van der Waals surface area contributed by atoms with E-state index >= 15 is 0 Å². The van der Waals surface area contributed by atoms with Gasteiger partial charge in [-0.25, -0.2) is 0 Å². The number of hydrogen-bond donors (Lipinski definition) is 0. The molecule has 13 heavy (non-hydrogen) atoms. The van der Waals surface area contributed by atoms with Gasteiger partial charge in [-0.1, -0.05) is 25.5 Å². The molecule has 1 nitrogen and oxygen atoms in total. The van der Waals surface area contributed by atoms with Crippen molar-refractivity contribution in [3.63, 3.8) is 0 Å². The fraction of sp³-hybridized carbons (Fsp3) is 0.727. The van der Waals surface area contributed by atoms with E-state index < -0.39 is 0 Å². The van der Waals surface area contributed by atoms with Gasteiger partial charge in [-0.2, -0.15) is 0 Å². The lowest BCUT2D eigenvalue weighted by molar-refractivity contribution is -0.110. The minimum absolute atomic E-state index is 0.248. The Morgan fingerprint density at radius 1 is 1.69 bits per heavy atom. The molecule has 1 rings (SSSR count). The molecule has 0 N–H and O–H groups in total. The zero-order chi connectivity index (χ0) is 9.84. The third kappa shape index (κ3) is 3.15. The Labute approximate surface area is 85.2 Å². The summed E-state index contributed by atoms with van der Waals surface area (Å²) in [5, 5.41) is -0.248. The van der Waals surface area contributed by atoms with Gasteiger partial charge in [0.05, 0.1) is 0 Å². The maximum atomic E-state index is 10.6. The van der Waals surface area contributed by atoms with Gasteiger partial charge in [0.15, 0.2) is 0 Å². The van der Waals surface area contributed by atoms with Crippen molar-refractivity contribution < 1.29 is 4.79 Å². The predicted octanol–water partition coefficient (Wildman–Crippen LogP) is 3.52. The van der Waals surface area contributed by atoms with Crippen LogP contribution in [-0.4, -0.2) is 5.24 Å². The molecule has 0 aliphatic heterocycles. The third-order valence-corrected chi connectivity index (χ3v) is 2.97. The molecule has 2 atom stereocenters. The van der Waals surface area contributed by atoms with Gasteiger partial charge in [0, 0.05) is 6.42 Å². The Balaban J connectivity index is 2.56. The molecular weight excluding hydrogens is 184 g/mol.